The second-order valence-corrected chi connectivity index (χ2v) is 22.9. The largest absolute Gasteiger partial charge is 0.432 e. The number of fused-ring (bicyclic) bond motifs is 7. The Kier molecular flexibility index (Phi) is 13.7. The van der Waals surface area contributed by atoms with Gasteiger partial charge in [0, 0.05) is 5.41 Å². The molecule has 65 heavy (non-hydrogen) atoms. The van der Waals surface area contributed by atoms with Gasteiger partial charge in [-0.1, -0.05) is 53.2 Å². The van der Waals surface area contributed by atoms with Crippen LogP contribution < -0.4 is 0 Å². The lowest BCUT2D eigenvalue weighted by atomic mass is 9.33. The van der Waals surface area contributed by atoms with Gasteiger partial charge in [-0.05, 0) is 104 Å². The summed E-state index contributed by atoms with van der Waals surface area (Å²) in [6, 6.07) is 0. The summed E-state index contributed by atoms with van der Waals surface area (Å²) in [6.07, 6.45) is -12.5. The van der Waals surface area contributed by atoms with E-state index in [1.807, 2.05) is 6.92 Å². The van der Waals surface area contributed by atoms with Crippen molar-refractivity contribution in [2.24, 2.45) is 50.2 Å². The van der Waals surface area contributed by atoms with Crippen LogP contribution in [0.1, 0.15) is 106 Å². The fourth-order valence-corrected chi connectivity index (χ4v) is 14.8. The lowest BCUT2D eigenvalue weighted by molar-refractivity contribution is -0.358. The number of ether oxygens (including phenoxy) is 6. The number of aliphatic hydroxyl groups excluding tert-OH is 11. The van der Waals surface area contributed by atoms with Crippen molar-refractivity contribution in [1.29, 1.82) is 0 Å². The van der Waals surface area contributed by atoms with E-state index in [1.165, 1.54) is 5.57 Å². The zero-order chi connectivity index (χ0) is 47.4. The van der Waals surface area contributed by atoms with Gasteiger partial charge in [0.15, 0.2) is 12.6 Å². The summed E-state index contributed by atoms with van der Waals surface area (Å²) in [5.41, 5.74) is -1.25. The summed E-state index contributed by atoms with van der Waals surface area (Å²) in [4.78, 5) is 14.7. The van der Waals surface area contributed by atoms with Gasteiger partial charge in [-0.3, -0.25) is 4.79 Å². The summed E-state index contributed by atoms with van der Waals surface area (Å²) in [5.74, 6) is -0.472. The summed E-state index contributed by atoms with van der Waals surface area (Å²) in [6.45, 7) is 11.8. The second-order valence-electron chi connectivity index (χ2n) is 22.9. The quantitative estimate of drug-likeness (QED) is 0.0808. The first-order chi connectivity index (χ1) is 30.5. The van der Waals surface area contributed by atoms with Crippen LogP contribution in [-0.4, -0.2) is 181 Å². The van der Waals surface area contributed by atoms with E-state index in [-0.39, 0.29) is 52.6 Å². The molecule has 5 aliphatic carbocycles. The predicted molar refractivity (Wildman–Crippen MR) is 226 cm³/mol. The summed E-state index contributed by atoms with van der Waals surface area (Å²) in [7, 11) is 0. The number of carbonyl (C=O) groups excluding carboxylic acids is 1. The highest BCUT2D eigenvalue weighted by Gasteiger charge is 2.70. The van der Waals surface area contributed by atoms with Crippen molar-refractivity contribution in [2.45, 2.75) is 198 Å². The summed E-state index contributed by atoms with van der Waals surface area (Å²) >= 11 is 0. The molecule has 3 saturated heterocycles. The van der Waals surface area contributed by atoms with E-state index in [1.54, 1.807) is 0 Å². The zero-order valence-electron chi connectivity index (χ0n) is 38.6. The third-order valence-corrected chi connectivity index (χ3v) is 19.1. The maximum absolute atomic E-state index is 14.7. The molecule has 372 valence electrons. The predicted octanol–water partition coefficient (Wildman–Crippen LogP) is -0.248. The molecule has 0 aromatic carbocycles. The molecule has 0 bridgehead atoms. The normalized spacial score (nSPS) is 54.3. The highest BCUT2D eigenvalue weighted by Crippen LogP contribution is 2.76. The van der Waals surface area contributed by atoms with Crippen molar-refractivity contribution in [1.82, 2.24) is 0 Å². The van der Waals surface area contributed by atoms with Crippen LogP contribution in [-0.2, 0) is 33.2 Å². The van der Waals surface area contributed by atoms with E-state index in [4.69, 9.17) is 28.4 Å². The van der Waals surface area contributed by atoms with E-state index in [2.05, 4.69) is 40.7 Å². The Bertz CT molecular complexity index is 1760. The van der Waals surface area contributed by atoms with Gasteiger partial charge in [-0.25, -0.2) is 0 Å². The Morgan fingerprint density at radius 3 is 1.92 bits per heavy atom. The number of carbonyl (C=O) groups is 1. The van der Waals surface area contributed by atoms with Gasteiger partial charge in [0.25, 0.3) is 0 Å². The molecule has 8 aliphatic rings. The van der Waals surface area contributed by atoms with Crippen LogP contribution in [0, 0.1) is 50.2 Å². The smallest absolute Gasteiger partial charge is 0.315 e. The molecule has 0 aromatic heterocycles. The van der Waals surface area contributed by atoms with Crippen LogP contribution in [0.2, 0.25) is 0 Å². The van der Waals surface area contributed by atoms with Crippen molar-refractivity contribution in [3.05, 3.63) is 11.6 Å². The van der Waals surface area contributed by atoms with Crippen molar-refractivity contribution in [3.8, 4) is 0 Å². The Balaban J connectivity index is 1.02. The number of aliphatic hydroxyl groups is 11. The second kappa shape index (κ2) is 17.8. The lowest BCUT2D eigenvalue weighted by Gasteiger charge is -2.71. The molecule has 4 saturated carbocycles. The van der Waals surface area contributed by atoms with Crippen LogP contribution in [0.25, 0.3) is 0 Å². The van der Waals surface area contributed by atoms with Crippen LogP contribution >= 0.6 is 0 Å². The molecular weight excluding hydrogens is 852 g/mol. The van der Waals surface area contributed by atoms with Crippen LogP contribution in [0.5, 0.6) is 0 Å². The van der Waals surface area contributed by atoms with Crippen molar-refractivity contribution in [3.63, 3.8) is 0 Å². The van der Waals surface area contributed by atoms with E-state index in [9.17, 15) is 61.0 Å². The number of allylic oxidation sites excluding steroid dienone is 2. The third-order valence-electron chi connectivity index (χ3n) is 19.1. The van der Waals surface area contributed by atoms with Gasteiger partial charge < -0.3 is 84.6 Å². The summed E-state index contributed by atoms with van der Waals surface area (Å²) < 4.78 is 35.4. The molecule has 0 spiro atoms. The topological polar surface area (TPSA) is 295 Å². The first kappa shape index (κ1) is 50.0. The molecule has 23 atom stereocenters. The van der Waals surface area contributed by atoms with Gasteiger partial charge in [0.1, 0.15) is 67.1 Å². The lowest BCUT2D eigenvalue weighted by Crippen LogP contribution is -2.67. The first-order valence-corrected chi connectivity index (χ1v) is 23.9. The van der Waals surface area contributed by atoms with Crippen molar-refractivity contribution >= 4 is 5.97 Å². The molecule has 7 fully saturated rings. The fraction of sp³-hybridized carbons (Fsp3) is 0.936. The Morgan fingerprint density at radius 2 is 1.29 bits per heavy atom. The molecule has 8 rings (SSSR count). The fourth-order valence-electron chi connectivity index (χ4n) is 14.8. The molecule has 0 amide bonds. The van der Waals surface area contributed by atoms with Gasteiger partial charge in [0.05, 0.1) is 37.9 Å². The molecule has 8 unspecified atom stereocenters. The van der Waals surface area contributed by atoms with Crippen molar-refractivity contribution in [2.75, 3.05) is 26.4 Å². The number of hydrogen-bond acceptors (Lipinski definition) is 18. The van der Waals surface area contributed by atoms with E-state index < -0.39 is 122 Å². The van der Waals surface area contributed by atoms with Crippen molar-refractivity contribution < 1.29 is 89.4 Å². The SMILES string of the molecule is CC1(C)CC[C@]2(C(=O)O[C@@H]3OC(CO)[C@@H](O)[C@H](O)C3O)CC[C@]3(C)C(=CCC4[C@@]5(C)CC[C@H](O[C@H]6OC[C@H](O)[C@@H](O[C@@H]7OC(CO)[C@@H](O)[C@H](O)C7O)C6O)[C@@](C)(CO)C5CC[C@]43C)C2C1. The van der Waals surface area contributed by atoms with E-state index in [0.717, 1.165) is 38.5 Å². The number of hydrogen-bond donors (Lipinski definition) is 11. The molecule has 0 radical (unpaired) electrons. The minimum Gasteiger partial charge on any atom is -0.432 e. The molecular formula is C47H76O18. The minimum atomic E-state index is -1.75. The Hall–Kier alpha value is -1.43. The average molecular weight is 929 g/mol. The zero-order valence-corrected chi connectivity index (χ0v) is 38.6. The molecule has 18 heteroatoms. The van der Waals surface area contributed by atoms with Gasteiger partial charge in [-0.15, -0.1) is 0 Å². The highest BCUT2D eigenvalue weighted by molar-refractivity contribution is 5.79. The minimum absolute atomic E-state index is 0.00679. The molecule has 18 nitrogen and oxygen atoms in total. The van der Waals surface area contributed by atoms with E-state index >= 15 is 0 Å². The summed E-state index contributed by atoms with van der Waals surface area (Å²) in [5, 5.41) is 116. The van der Waals surface area contributed by atoms with Gasteiger partial charge in [-0.2, -0.15) is 0 Å². The Morgan fingerprint density at radius 1 is 0.677 bits per heavy atom. The molecule has 3 aliphatic heterocycles. The van der Waals surface area contributed by atoms with Crippen LogP contribution in [0.3, 0.4) is 0 Å². The highest BCUT2D eigenvalue weighted by atomic mass is 16.7. The van der Waals surface area contributed by atoms with Crippen LogP contribution in [0.15, 0.2) is 11.6 Å². The number of esters is 1. The van der Waals surface area contributed by atoms with Gasteiger partial charge >= 0.3 is 5.97 Å². The Labute approximate surface area is 380 Å². The monoisotopic (exact) mass is 929 g/mol. The third kappa shape index (κ3) is 7.80. The molecule has 3 heterocycles. The molecule has 11 N–H and O–H groups in total. The van der Waals surface area contributed by atoms with Crippen LogP contribution in [0.4, 0.5) is 0 Å². The van der Waals surface area contributed by atoms with E-state index in [0.29, 0.717) is 25.7 Å². The maximum Gasteiger partial charge on any atom is 0.315 e. The maximum atomic E-state index is 14.7. The van der Waals surface area contributed by atoms with Gasteiger partial charge in [0.2, 0.25) is 6.29 Å². The standard InChI is InChI=1S/C47H76O18/c1-42(2)13-15-47(41(59)65-40-35(57)33(55)31(53)26(19-49)62-40)16-14-45(5)22(23(47)17-42)7-8-28-43(3)11-10-29(44(4,21-50)27(43)9-12-46(28,45)6)63-38-36(58)37(24(51)20-60-38)64-39-34(56)32(54)30(52)25(18-48)61-39/h7,23-40,48-58H,8-21H2,1-6H3/t23?,24-,25?,26?,27?,28?,29-,30+,31+,32-,33-,34?,35?,36?,37+,38+,39-,40-,43-,44-,45+,46+,47-/m0/s1. The average Bonchev–Trinajstić information content (AvgIpc) is 3.26. The number of rotatable bonds is 9. The first-order valence-electron chi connectivity index (χ1n) is 23.9. The molecule has 0 aromatic rings.